The van der Waals surface area contributed by atoms with Crippen LogP contribution >= 0.6 is 0 Å². The van der Waals surface area contributed by atoms with Gasteiger partial charge in [0, 0.05) is 24.8 Å². The molecule has 0 aromatic heterocycles. The Morgan fingerprint density at radius 2 is 1.87 bits per heavy atom. The molecule has 1 saturated heterocycles. The fourth-order valence-electron chi connectivity index (χ4n) is 5.44. The molecule has 1 aliphatic carbocycles. The van der Waals surface area contributed by atoms with E-state index in [9.17, 15) is 29.7 Å². The first-order valence-corrected chi connectivity index (χ1v) is 13.7. The summed E-state index contributed by atoms with van der Waals surface area (Å²) in [5.41, 5.74) is -0.205. The number of Topliss-reactive ketones (excluding diaryl/α,β-unsaturated/α-hetero) is 2. The lowest BCUT2D eigenvalue weighted by Crippen LogP contribution is -2.62. The van der Waals surface area contributed by atoms with Gasteiger partial charge < -0.3 is 34.3 Å². The maximum absolute atomic E-state index is 12.7. The fourth-order valence-corrected chi connectivity index (χ4v) is 5.44. The lowest BCUT2D eigenvalue weighted by atomic mass is 9.77. The highest BCUT2D eigenvalue weighted by molar-refractivity contribution is 5.87. The third-order valence-electron chi connectivity index (χ3n) is 8.02. The van der Waals surface area contributed by atoms with E-state index in [0.717, 1.165) is 12.0 Å². The molecule has 9 nitrogen and oxygen atoms in total. The molecule has 39 heavy (non-hydrogen) atoms. The molecule has 0 spiro atoms. The molecule has 1 aliphatic heterocycles. The third kappa shape index (κ3) is 8.28. The van der Waals surface area contributed by atoms with Gasteiger partial charge in [0.25, 0.3) is 0 Å². The summed E-state index contributed by atoms with van der Waals surface area (Å²) in [6.45, 7) is 6.60. The van der Waals surface area contributed by atoms with Gasteiger partial charge in [0.15, 0.2) is 12.4 Å². The van der Waals surface area contributed by atoms with Crippen LogP contribution < -0.4 is 0 Å². The molecule has 8 atom stereocenters. The zero-order chi connectivity index (χ0) is 28.7. The highest BCUT2D eigenvalue weighted by atomic mass is 16.7. The van der Waals surface area contributed by atoms with Crippen LogP contribution in [0.15, 0.2) is 36.4 Å². The van der Waals surface area contributed by atoms with E-state index in [0.29, 0.717) is 25.7 Å². The van der Waals surface area contributed by atoms with Gasteiger partial charge in [-0.2, -0.15) is 0 Å². The first-order valence-electron chi connectivity index (χ1n) is 13.7. The van der Waals surface area contributed by atoms with Crippen LogP contribution in [0.3, 0.4) is 0 Å². The number of hydrogen-bond donors (Lipinski definition) is 3. The van der Waals surface area contributed by atoms with Gasteiger partial charge in [-0.3, -0.25) is 4.79 Å². The first kappa shape index (κ1) is 31.1. The number of hydrogen-bond acceptors (Lipinski definition) is 9. The molecule has 0 bridgehead atoms. The maximum atomic E-state index is 12.7. The number of ketones is 2. The van der Waals surface area contributed by atoms with Gasteiger partial charge >= 0.3 is 5.97 Å². The molecule has 216 valence electrons. The Labute approximate surface area is 230 Å². The molecule has 9 heteroatoms. The molecule has 2 fully saturated rings. The molecule has 0 radical (unpaired) electrons. The van der Waals surface area contributed by atoms with Crippen LogP contribution in [0.5, 0.6) is 0 Å². The summed E-state index contributed by atoms with van der Waals surface area (Å²) in [6, 6.07) is 9.11. The van der Waals surface area contributed by atoms with Crippen molar-refractivity contribution in [2.45, 2.75) is 96.1 Å². The molecule has 1 heterocycles. The minimum absolute atomic E-state index is 0.0198. The summed E-state index contributed by atoms with van der Waals surface area (Å²) in [5.74, 6) is -0.704. The second kappa shape index (κ2) is 13.8. The van der Waals surface area contributed by atoms with Crippen LogP contribution in [-0.4, -0.2) is 75.8 Å². The molecule has 0 amide bonds. The molecule has 3 rings (SSSR count). The number of esters is 1. The maximum Gasteiger partial charge on any atom is 0.331 e. The van der Waals surface area contributed by atoms with Crippen molar-refractivity contribution in [2.75, 3.05) is 6.61 Å². The van der Waals surface area contributed by atoms with Crippen molar-refractivity contribution < 1.29 is 43.9 Å². The molecule has 1 saturated carbocycles. The second-order valence-electron chi connectivity index (χ2n) is 11.3. The average Bonchev–Trinajstić information content (AvgIpc) is 3.21. The summed E-state index contributed by atoms with van der Waals surface area (Å²) in [5, 5.41) is 31.0. The van der Waals surface area contributed by atoms with Crippen LogP contribution in [0, 0.1) is 17.8 Å². The van der Waals surface area contributed by atoms with Gasteiger partial charge in [-0.25, -0.2) is 4.79 Å². The van der Waals surface area contributed by atoms with Crippen LogP contribution in [0.2, 0.25) is 0 Å². The van der Waals surface area contributed by atoms with E-state index >= 15 is 0 Å². The smallest absolute Gasteiger partial charge is 0.331 e. The van der Waals surface area contributed by atoms with E-state index < -0.39 is 48.9 Å². The Morgan fingerprint density at radius 3 is 2.46 bits per heavy atom. The summed E-state index contributed by atoms with van der Waals surface area (Å²) in [4.78, 5) is 37.1. The normalized spacial score (nSPS) is 30.4. The number of rotatable bonds is 12. The van der Waals surface area contributed by atoms with Crippen molar-refractivity contribution in [3.8, 4) is 0 Å². The Kier molecular flexibility index (Phi) is 11.0. The number of ether oxygens (including phenoxy) is 3. The summed E-state index contributed by atoms with van der Waals surface area (Å²) in [6.07, 6.45) is -1.54. The predicted octanol–water partition coefficient (Wildman–Crippen LogP) is 2.84. The van der Waals surface area contributed by atoms with Crippen molar-refractivity contribution >= 4 is 23.6 Å². The van der Waals surface area contributed by atoms with Crippen molar-refractivity contribution in [2.24, 2.45) is 17.8 Å². The minimum Gasteiger partial charge on any atom is -0.451 e. The zero-order valence-corrected chi connectivity index (χ0v) is 23.2. The van der Waals surface area contributed by atoms with Crippen molar-refractivity contribution in [3.05, 3.63) is 42.0 Å². The standard InChI is InChI=1S/C30H42O9/c1-18-10-14-23(33)22(18)16-21(13-11-19(2)32)30(3,4)39-29-28(27(36)26(35)24(17-31)37-29)38-25(34)15-12-20-8-6-5-7-9-20/h5-9,12,15,18,21-22,24,26-29,31,35-36H,10-11,13-14,16-17H2,1-4H3/b15-12+/t18-,21?,22-,24+,26+,27-,28+,29-/m0/s1. The van der Waals surface area contributed by atoms with Crippen LogP contribution in [0.4, 0.5) is 0 Å². The predicted molar refractivity (Wildman–Crippen MR) is 143 cm³/mol. The monoisotopic (exact) mass is 546 g/mol. The molecule has 1 aromatic carbocycles. The van der Waals surface area contributed by atoms with Gasteiger partial charge in [-0.15, -0.1) is 0 Å². The van der Waals surface area contributed by atoms with Gasteiger partial charge in [0.05, 0.1) is 12.2 Å². The fraction of sp³-hybridized carbons (Fsp3) is 0.633. The molecule has 1 aromatic rings. The van der Waals surface area contributed by atoms with Gasteiger partial charge in [-0.1, -0.05) is 37.3 Å². The van der Waals surface area contributed by atoms with E-state index in [2.05, 4.69) is 6.92 Å². The first-order chi connectivity index (χ1) is 18.4. The van der Waals surface area contributed by atoms with Gasteiger partial charge in [0.1, 0.15) is 29.9 Å². The number of aliphatic hydroxyl groups excluding tert-OH is 3. The molecule has 2 aliphatic rings. The number of carbonyl (C=O) groups excluding carboxylic acids is 3. The van der Waals surface area contributed by atoms with E-state index in [1.807, 2.05) is 44.2 Å². The minimum atomic E-state index is -1.59. The summed E-state index contributed by atoms with van der Waals surface area (Å²) < 4.78 is 17.7. The van der Waals surface area contributed by atoms with Crippen molar-refractivity contribution in [1.29, 1.82) is 0 Å². The van der Waals surface area contributed by atoms with Gasteiger partial charge in [0.2, 0.25) is 0 Å². The van der Waals surface area contributed by atoms with E-state index in [-0.39, 0.29) is 29.3 Å². The third-order valence-corrected chi connectivity index (χ3v) is 8.02. The average molecular weight is 547 g/mol. The molecular formula is C30H42O9. The SMILES string of the molecule is CC(=O)CCC(C[C@@H]1C(=O)CC[C@@H]1C)C(C)(C)O[C@@H]1O[C@H](CO)[C@@H](O)[C@H](O)[C@H]1OC(=O)/C=C/c1ccccc1. The lowest BCUT2D eigenvalue weighted by molar-refractivity contribution is -0.330. The Morgan fingerprint density at radius 1 is 1.18 bits per heavy atom. The van der Waals surface area contributed by atoms with Gasteiger partial charge in [-0.05, 0) is 63.5 Å². The van der Waals surface area contributed by atoms with Crippen LogP contribution in [0.1, 0.15) is 65.4 Å². The lowest BCUT2D eigenvalue weighted by Gasteiger charge is -2.46. The number of benzene rings is 1. The topological polar surface area (TPSA) is 140 Å². The van der Waals surface area contributed by atoms with E-state index in [1.54, 1.807) is 6.08 Å². The molecular weight excluding hydrogens is 504 g/mol. The van der Waals surface area contributed by atoms with E-state index in [4.69, 9.17) is 14.2 Å². The van der Waals surface area contributed by atoms with Crippen molar-refractivity contribution in [3.63, 3.8) is 0 Å². The summed E-state index contributed by atoms with van der Waals surface area (Å²) in [7, 11) is 0. The quantitative estimate of drug-likeness (QED) is 0.267. The molecule has 1 unspecified atom stereocenters. The highest BCUT2D eigenvalue weighted by Gasteiger charge is 2.50. The Hall–Kier alpha value is -2.43. The largest absolute Gasteiger partial charge is 0.451 e. The number of aliphatic hydroxyl groups is 3. The van der Waals surface area contributed by atoms with Crippen LogP contribution in [-0.2, 0) is 28.6 Å². The second-order valence-corrected chi connectivity index (χ2v) is 11.3. The van der Waals surface area contributed by atoms with Crippen molar-refractivity contribution in [1.82, 2.24) is 0 Å². The Bertz CT molecular complexity index is 1000. The van der Waals surface area contributed by atoms with Crippen LogP contribution in [0.25, 0.3) is 6.08 Å². The highest BCUT2D eigenvalue weighted by Crippen LogP contribution is 2.40. The Balaban J connectivity index is 1.81. The molecule has 3 N–H and O–H groups in total. The summed E-state index contributed by atoms with van der Waals surface area (Å²) >= 11 is 0. The number of carbonyl (C=O) groups is 3. The van der Waals surface area contributed by atoms with E-state index in [1.165, 1.54) is 13.0 Å². The zero-order valence-electron chi connectivity index (χ0n) is 23.2.